The topological polar surface area (TPSA) is 98.5 Å². The minimum Gasteiger partial charge on any atom is -0.465 e. The molecule has 0 aliphatic rings. The number of hydrogen-bond donors (Lipinski definition) is 2. The molecule has 3 N–H and O–H groups in total. The van der Waals surface area contributed by atoms with Crippen molar-refractivity contribution in [3.63, 3.8) is 0 Å². The third kappa shape index (κ3) is 4.60. The lowest BCUT2D eigenvalue weighted by Gasteiger charge is -2.15. The number of halogens is 3. The first-order valence-electron chi connectivity index (χ1n) is 5.58. The minimum absolute atomic E-state index is 0.0367. The SMILES string of the molecule is COC(=O)c1ccc(S(=O)(=O)NCC(F)(F)CN)cc1Cl. The van der Waals surface area contributed by atoms with E-state index in [1.54, 1.807) is 4.72 Å². The monoisotopic (exact) mass is 342 g/mol. The number of benzene rings is 1. The summed E-state index contributed by atoms with van der Waals surface area (Å²) < 4.78 is 55.8. The van der Waals surface area contributed by atoms with Crippen molar-refractivity contribution in [1.29, 1.82) is 0 Å². The van der Waals surface area contributed by atoms with Gasteiger partial charge in [0.2, 0.25) is 10.0 Å². The fraction of sp³-hybridized carbons (Fsp3) is 0.364. The summed E-state index contributed by atoms with van der Waals surface area (Å²) in [6.07, 6.45) is 0. The molecular weight excluding hydrogens is 330 g/mol. The number of alkyl halides is 2. The Balaban J connectivity index is 3.00. The van der Waals surface area contributed by atoms with Crippen LogP contribution >= 0.6 is 11.6 Å². The van der Waals surface area contributed by atoms with Gasteiger partial charge in [-0.1, -0.05) is 11.6 Å². The summed E-state index contributed by atoms with van der Waals surface area (Å²) in [5.41, 5.74) is 4.77. The largest absolute Gasteiger partial charge is 0.465 e. The lowest BCUT2D eigenvalue weighted by Crippen LogP contribution is -2.41. The molecule has 0 bridgehead atoms. The van der Waals surface area contributed by atoms with E-state index in [9.17, 15) is 22.0 Å². The molecule has 0 aliphatic carbocycles. The van der Waals surface area contributed by atoms with Crippen molar-refractivity contribution in [2.45, 2.75) is 10.8 Å². The molecule has 6 nitrogen and oxygen atoms in total. The molecule has 1 rings (SSSR count). The van der Waals surface area contributed by atoms with Crippen LogP contribution in [-0.2, 0) is 14.8 Å². The van der Waals surface area contributed by atoms with E-state index in [-0.39, 0.29) is 15.5 Å². The van der Waals surface area contributed by atoms with Crippen LogP contribution in [0.2, 0.25) is 5.02 Å². The van der Waals surface area contributed by atoms with E-state index in [1.165, 1.54) is 0 Å². The second-order valence-electron chi connectivity index (χ2n) is 4.02. The first-order valence-corrected chi connectivity index (χ1v) is 7.44. The molecule has 1 aromatic rings. The lowest BCUT2D eigenvalue weighted by molar-refractivity contribution is 0.0170. The molecule has 0 unspecified atom stereocenters. The number of nitrogens with one attached hydrogen (secondary N) is 1. The molecule has 0 amide bonds. The summed E-state index contributed by atoms with van der Waals surface area (Å²) >= 11 is 5.77. The van der Waals surface area contributed by atoms with Crippen LogP contribution in [0.25, 0.3) is 0 Å². The Kier molecular flexibility index (Phi) is 5.62. The maximum Gasteiger partial charge on any atom is 0.339 e. The Morgan fingerprint density at radius 3 is 2.57 bits per heavy atom. The van der Waals surface area contributed by atoms with Gasteiger partial charge >= 0.3 is 5.97 Å². The zero-order valence-corrected chi connectivity index (χ0v) is 12.5. The average Bonchev–Trinajstić information content (AvgIpc) is 2.44. The third-order valence-corrected chi connectivity index (χ3v) is 4.19. The minimum atomic E-state index is -4.20. The molecule has 0 heterocycles. The van der Waals surface area contributed by atoms with Crippen molar-refractivity contribution in [3.05, 3.63) is 28.8 Å². The fourth-order valence-corrected chi connectivity index (χ4v) is 2.71. The molecule has 0 saturated heterocycles. The van der Waals surface area contributed by atoms with Gasteiger partial charge in [-0.2, -0.15) is 0 Å². The maximum atomic E-state index is 13.0. The summed E-state index contributed by atoms with van der Waals surface area (Å²) in [6.45, 7) is -2.13. The van der Waals surface area contributed by atoms with E-state index in [2.05, 4.69) is 4.74 Å². The maximum absolute atomic E-state index is 13.0. The van der Waals surface area contributed by atoms with E-state index < -0.39 is 35.0 Å². The molecule has 0 aliphatic heterocycles. The van der Waals surface area contributed by atoms with Crippen LogP contribution in [0.4, 0.5) is 8.78 Å². The van der Waals surface area contributed by atoms with Crippen molar-refractivity contribution in [1.82, 2.24) is 4.72 Å². The molecule has 0 atom stereocenters. The van der Waals surface area contributed by atoms with E-state index in [4.69, 9.17) is 17.3 Å². The fourth-order valence-electron chi connectivity index (χ4n) is 1.29. The number of carbonyl (C=O) groups excluding carboxylic acids is 1. The number of methoxy groups -OCH3 is 1. The number of sulfonamides is 1. The number of nitrogens with two attached hydrogens (primary N) is 1. The molecule has 0 spiro atoms. The van der Waals surface area contributed by atoms with E-state index in [1.807, 2.05) is 0 Å². The molecule has 118 valence electrons. The molecule has 1 aromatic carbocycles. The molecular formula is C11H13ClF2N2O4S. The normalized spacial score (nSPS) is 12.2. The van der Waals surface area contributed by atoms with E-state index in [0.29, 0.717) is 0 Å². The Hall–Kier alpha value is -1.29. The van der Waals surface area contributed by atoms with Gasteiger partial charge in [-0.3, -0.25) is 0 Å². The van der Waals surface area contributed by atoms with Gasteiger partial charge in [0.05, 0.1) is 35.7 Å². The van der Waals surface area contributed by atoms with Crippen molar-refractivity contribution >= 4 is 27.6 Å². The third-order valence-electron chi connectivity index (χ3n) is 2.48. The van der Waals surface area contributed by atoms with Crippen molar-refractivity contribution in [2.24, 2.45) is 5.73 Å². The van der Waals surface area contributed by atoms with Crippen LogP contribution in [0, 0.1) is 0 Å². The molecule has 0 fully saturated rings. The highest BCUT2D eigenvalue weighted by atomic mass is 35.5. The van der Waals surface area contributed by atoms with Crippen molar-refractivity contribution in [3.8, 4) is 0 Å². The number of esters is 1. The first kappa shape index (κ1) is 17.8. The van der Waals surface area contributed by atoms with E-state index in [0.717, 1.165) is 25.3 Å². The van der Waals surface area contributed by atoms with Crippen LogP contribution in [0.3, 0.4) is 0 Å². The Bertz CT molecular complexity index is 637. The van der Waals surface area contributed by atoms with Crippen LogP contribution in [-0.4, -0.2) is 40.5 Å². The van der Waals surface area contributed by atoms with Crippen LogP contribution in [0.15, 0.2) is 23.1 Å². The molecule has 21 heavy (non-hydrogen) atoms. The van der Waals surface area contributed by atoms with Gasteiger partial charge in [-0.25, -0.2) is 26.7 Å². The quantitative estimate of drug-likeness (QED) is 0.751. The Morgan fingerprint density at radius 1 is 1.48 bits per heavy atom. The standard InChI is InChI=1S/C11H13ClF2N2O4S/c1-20-10(17)8-3-2-7(4-9(8)12)21(18,19)16-6-11(13,14)5-15/h2-4,16H,5-6,15H2,1H3. The van der Waals surface area contributed by atoms with Gasteiger partial charge in [0.1, 0.15) is 0 Å². The lowest BCUT2D eigenvalue weighted by atomic mass is 10.2. The summed E-state index contributed by atoms with van der Waals surface area (Å²) in [4.78, 5) is 11.0. The second kappa shape index (κ2) is 6.65. The average molecular weight is 343 g/mol. The molecule has 0 radical (unpaired) electrons. The number of ether oxygens (including phenoxy) is 1. The van der Waals surface area contributed by atoms with Crippen molar-refractivity contribution < 1.29 is 26.7 Å². The number of rotatable bonds is 6. The van der Waals surface area contributed by atoms with Gasteiger partial charge in [0.25, 0.3) is 5.92 Å². The summed E-state index contributed by atoms with van der Waals surface area (Å²) in [6, 6.07) is 3.15. The highest BCUT2D eigenvalue weighted by molar-refractivity contribution is 7.89. The Morgan fingerprint density at radius 2 is 2.10 bits per heavy atom. The number of carbonyl (C=O) groups is 1. The van der Waals surface area contributed by atoms with Crippen LogP contribution in [0.5, 0.6) is 0 Å². The van der Waals surface area contributed by atoms with Gasteiger partial charge < -0.3 is 10.5 Å². The smallest absolute Gasteiger partial charge is 0.339 e. The summed E-state index contributed by atoms with van der Waals surface area (Å²) in [7, 11) is -3.06. The molecule has 0 saturated carbocycles. The zero-order chi connectivity index (χ0) is 16.3. The van der Waals surface area contributed by atoms with Crippen LogP contribution in [0.1, 0.15) is 10.4 Å². The van der Waals surface area contributed by atoms with Gasteiger partial charge in [0.15, 0.2) is 0 Å². The summed E-state index contributed by atoms with van der Waals surface area (Å²) in [5, 5.41) is -0.171. The van der Waals surface area contributed by atoms with Crippen molar-refractivity contribution in [2.75, 3.05) is 20.2 Å². The van der Waals surface area contributed by atoms with E-state index >= 15 is 0 Å². The Labute approximate surface area is 125 Å². The molecule has 0 aromatic heterocycles. The second-order valence-corrected chi connectivity index (χ2v) is 6.19. The van der Waals surface area contributed by atoms with Gasteiger partial charge in [0, 0.05) is 0 Å². The van der Waals surface area contributed by atoms with Gasteiger partial charge in [-0.05, 0) is 18.2 Å². The highest BCUT2D eigenvalue weighted by Gasteiger charge is 2.29. The zero-order valence-electron chi connectivity index (χ0n) is 10.9. The highest BCUT2D eigenvalue weighted by Crippen LogP contribution is 2.22. The predicted molar refractivity (Wildman–Crippen MR) is 72.0 cm³/mol. The number of hydrogen-bond acceptors (Lipinski definition) is 5. The predicted octanol–water partition coefficient (Wildman–Crippen LogP) is 0.999. The van der Waals surface area contributed by atoms with Crippen LogP contribution < -0.4 is 10.5 Å². The molecule has 10 heteroatoms. The van der Waals surface area contributed by atoms with Gasteiger partial charge in [-0.15, -0.1) is 0 Å². The summed E-state index contributed by atoms with van der Waals surface area (Å²) in [5.74, 6) is -4.10. The first-order chi connectivity index (χ1) is 9.63.